The van der Waals surface area contributed by atoms with Gasteiger partial charge >= 0.3 is 0 Å². The topological polar surface area (TPSA) is 43.7 Å². The van der Waals surface area contributed by atoms with E-state index in [1.807, 2.05) is 6.07 Å². The highest BCUT2D eigenvalue weighted by Crippen LogP contribution is 2.41. The van der Waals surface area contributed by atoms with Crippen LogP contribution in [-0.2, 0) is 0 Å². The summed E-state index contributed by atoms with van der Waals surface area (Å²) in [5.41, 5.74) is 2.16. The summed E-state index contributed by atoms with van der Waals surface area (Å²) in [4.78, 5) is 2.20. The second kappa shape index (κ2) is 5.01. The Hall–Kier alpha value is -1.13. The van der Waals surface area contributed by atoms with Gasteiger partial charge in [-0.05, 0) is 50.3 Å². The molecule has 20 heavy (non-hydrogen) atoms. The largest absolute Gasteiger partial charge is 0.393 e. The minimum Gasteiger partial charge on any atom is -0.393 e. The normalized spacial score (nSPS) is 30.6. The Morgan fingerprint density at radius 2 is 2.05 bits per heavy atom. The summed E-state index contributed by atoms with van der Waals surface area (Å²) in [6.45, 7) is 5.11. The number of hydrogen-bond donors (Lipinski definition) is 2. The minimum absolute atomic E-state index is 0.207. The molecule has 2 fully saturated rings. The van der Waals surface area contributed by atoms with Crippen LogP contribution in [0.1, 0.15) is 37.0 Å². The quantitative estimate of drug-likeness (QED) is 0.873. The first-order chi connectivity index (χ1) is 9.47. The number of aliphatic hydroxyl groups is 2. The third-order valence-electron chi connectivity index (χ3n) is 4.92. The molecular weight excluding hydrogens is 257 g/mol. The van der Waals surface area contributed by atoms with Gasteiger partial charge in [-0.25, -0.2) is 4.39 Å². The van der Waals surface area contributed by atoms with Crippen molar-refractivity contribution in [2.45, 2.75) is 38.9 Å². The highest BCUT2D eigenvalue weighted by atomic mass is 19.1. The lowest BCUT2D eigenvalue weighted by Gasteiger charge is -2.25. The summed E-state index contributed by atoms with van der Waals surface area (Å²) in [7, 11) is 0. The van der Waals surface area contributed by atoms with Crippen LogP contribution in [0.4, 0.5) is 10.1 Å². The second-order valence-corrected chi connectivity index (χ2v) is 6.31. The zero-order chi connectivity index (χ0) is 14.4. The molecule has 1 saturated heterocycles. The summed E-state index contributed by atoms with van der Waals surface area (Å²) in [5, 5.41) is 19.9. The number of anilines is 1. The van der Waals surface area contributed by atoms with Gasteiger partial charge in [0.05, 0.1) is 12.2 Å². The molecule has 0 radical (unpaired) electrons. The molecule has 3 rings (SSSR count). The number of aliphatic hydroxyl groups excluding tert-OH is 2. The van der Waals surface area contributed by atoms with Crippen LogP contribution < -0.4 is 4.90 Å². The molecule has 0 amide bonds. The lowest BCUT2D eigenvalue weighted by atomic mass is 10.00. The first kappa shape index (κ1) is 13.8. The van der Waals surface area contributed by atoms with Crippen LogP contribution in [-0.4, -0.2) is 29.4 Å². The van der Waals surface area contributed by atoms with Crippen LogP contribution in [0, 0.1) is 24.6 Å². The van der Waals surface area contributed by atoms with Crippen molar-refractivity contribution in [3.05, 3.63) is 29.1 Å². The molecule has 1 aliphatic carbocycles. The molecule has 1 aliphatic heterocycles. The van der Waals surface area contributed by atoms with Gasteiger partial charge in [-0.15, -0.1) is 0 Å². The minimum atomic E-state index is -0.689. The molecule has 4 heteroatoms. The molecule has 1 aromatic carbocycles. The van der Waals surface area contributed by atoms with E-state index >= 15 is 0 Å². The Morgan fingerprint density at radius 1 is 1.30 bits per heavy atom. The number of nitrogens with zero attached hydrogens (tertiary/aromatic N) is 1. The van der Waals surface area contributed by atoms with Crippen LogP contribution >= 0.6 is 0 Å². The van der Waals surface area contributed by atoms with Crippen LogP contribution in [0.25, 0.3) is 0 Å². The molecule has 1 heterocycles. The molecule has 0 aromatic heterocycles. The van der Waals surface area contributed by atoms with E-state index in [-0.39, 0.29) is 11.9 Å². The third kappa shape index (κ3) is 2.21. The molecule has 1 saturated carbocycles. The molecule has 4 unspecified atom stereocenters. The van der Waals surface area contributed by atoms with Gasteiger partial charge < -0.3 is 15.1 Å². The predicted octanol–water partition coefficient (Wildman–Crippen LogP) is 2.39. The third-order valence-corrected chi connectivity index (χ3v) is 4.92. The standard InChI is InChI=1S/C16H22FNO2/c1-9-5-15(12(10(2)19)6-14(9)17)18-7-11-3-4-16(20)13(11)8-18/h5-6,10-11,13,16,19-20H,3-4,7-8H2,1-2H3. The van der Waals surface area contributed by atoms with E-state index in [9.17, 15) is 14.6 Å². The van der Waals surface area contributed by atoms with Crippen molar-refractivity contribution < 1.29 is 14.6 Å². The Bertz CT molecular complexity index is 517. The van der Waals surface area contributed by atoms with Crippen molar-refractivity contribution in [2.75, 3.05) is 18.0 Å². The van der Waals surface area contributed by atoms with Crippen molar-refractivity contribution >= 4 is 5.69 Å². The Labute approximate surface area is 119 Å². The molecule has 3 nitrogen and oxygen atoms in total. The number of fused-ring (bicyclic) bond motifs is 1. The van der Waals surface area contributed by atoms with Crippen LogP contribution in [0.3, 0.4) is 0 Å². The Balaban J connectivity index is 1.93. The van der Waals surface area contributed by atoms with Gasteiger partial charge in [-0.2, -0.15) is 0 Å². The van der Waals surface area contributed by atoms with Crippen LogP contribution in [0.15, 0.2) is 12.1 Å². The monoisotopic (exact) mass is 279 g/mol. The Kier molecular flexibility index (Phi) is 3.46. The lowest BCUT2D eigenvalue weighted by Crippen LogP contribution is -2.25. The van der Waals surface area contributed by atoms with E-state index in [1.165, 1.54) is 6.07 Å². The number of rotatable bonds is 2. The van der Waals surface area contributed by atoms with E-state index in [1.54, 1.807) is 13.8 Å². The average molecular weight is 279 g/mol. The van der Waals surface area contributed by atoms with Crippen LogP contribution in [0.5, 0.6) is 0 Å². The summed E-state index contributed by atoms with van der Waals surface area (Å²) < 4.78 is 13.7. The fourth-order valence-corrected chi connectivity index (χ4v) is 3.72. The smallest absolute Gasteiger partial charge is 0.126 e. The number of halogens is 1. The number of hydrogen-bond acceptors (Lipinski definition) is 3. The SMILES string of the molecule is Cc1cc(N2CC3CCC(O)C3C2)c(C(C)O)cc1F. The molecule has 4 atom stereocenters. The van der Waals surface area contributed by atoms with E-state index in [0.29, 0.717) is 23.0 Å². The van der Waals surface area contributed by atoms with Crippen molar-refractivity contribution in [2.24, 2.45) is 11.8 Å². The van der Waals surface area contributed by atoms with Crippen molar-refractivity contribution in [3.8, 4) is 0 Å². The molecule has 0 bridgehead atoms. The van der Waals surface area contributed by atoms with E-state index in [4.69, 9.17) is 0 Å². The first-order valence-electron chi connectivity index (χ1n) is 7.38. The molecule has 1 aromatic rings. The van der Waals surface area contributed by atoms with Crippen LogP contribution in [0.2, 0.25) is 0 Å². The van der Waals surface area contributed by atoms with Crippen molar-refractivity contribution in [1.82, 2.24) is 0 Å². The fraction of sp³-hybridized carbons (Fsp3) is 0.625. The van der Waals surface area contributed by atoms with Crippen molar-refractivity contribution in [1.29, 1.82) is 0 Å². The zero-order valence-corrected chi connectivity index (χ0v) is 12.0. The molecule has 0 spiro atoms. The first-order valence-corrected chi connectivity index (χ1v) is 7.38. The molecular formula is C16H22FNO2. The predicted molar refractivity (Wildman–Crippen MR) is 76.2 cm³/mol. The molecule has 110 valence electrons. The van der Waals surface area contributed by atoms with Gasteiger partial charge in [-0.1, -0.05) is 0 Å². The summed E-state index contributed by atoms with van der Waals surface area (Å²) in [5.74, 6) is 0.573. The summed E-state index contributed by atoms with van der Waals surface area (Å²) >= 11 is 0. The number of benzene rings is 1. The zero-order valence-electron chi connectivity index (χ0n) is 12.0. The Morgan fingerprint density at radius 3 is 2.70 bits per heavy atom. The van der Waals surface area contributed by atoms with Gasteiger partial charge in [0.15, 0.2) is 0 Å². The maximum atomic E-state index is 13.7. The van der Waals surface area contributed by atoms with E-state index in [0.717, 1.165) is 31.6 Å². The summed E-state index contributed by atoms with van der Waals surface area (Å²) in [6.07, 6.45) is 1.06. The average Bonchev–Trinajstić information content (AvgIpc) is 2.95. The van der Waals surface area contributed by atoms with Gasteiger partial charge in [0.2, 0.25) is 0 Å². The van der Waals surface area contributed by atoms with Gasteiger partial charge in [0.25, 0.3) is 0 Å². The highest BCUT2D eigenvalue weighted by Gasteiger charge is 2.42. The fourth-order valence-electron chi connectivity index (χ4n) is 3.72. The van der Waals surface area contributed by atoms with E-state index in [2.05, 4.69) is 4.90 Å². The molecule has 2 aliphatic rings. The summed E-state index contributed by atoms with van der Waals surface area (Å²) in [6, 6.07) is 3.27. The maximum Gasteiger partial charge on any atom is 0.126 e. The second-order valence-electron chi connectivity index (χ2n) is 6.31. The molecule has 2 N–H and O–H groups in total. The highest BCUT2D eigenvalue weighted by molar-refractivity contribution is 5.57. The lowest BCUT2D eigenvalue weighted by molar-refractivity contribution is 0.133. The van der Waals surface area contributed by atoms with Gasteiger partial charge in [-0.3, -0.25) is 0 Å². The van der Waals surface area contributed by atoms with E-state index < -0.39 is 6.10 Å². The maximum absolute atomic E-state index is 13.7. The van der Waals surface area contributed by atoms with Gasteiger partial charge in [0, 0.05) is 30.3 Å². The van der Waals surface area contributed by atoms with Gasteiger partial charge in [0.1, 0.15) is 5.82 Å². The number of aryl methyl sites for hydroxylation is 1. The van der Waals surface area contributed by atoms with Crippen molar-refractivity contribution in [3.63, 3.8) is 0 Å².